The zero-order chi connectivity index (χ0) is 19.7. The molecule has 2 heterocycles. The van der Waals surface area contributed by atoms with Crippen molar-refractivity contribution in [2.45, 2.75) is 71.6 Å². The molecule has 1 aromatic heterocycles. The Bertz CT molecular complexity index is 676. The van der Waals surface area contributed by atoms with Crippen molar-refractivity contribution in [3.8, 4) is 0 Å². The summed E-state index contributed by atoms with van der Waals surface area (Å²) in [5.41, 5.74) is 0.497. The van der Waals surface area contributed by atoms with Crippen molar-refractivity contribution >= 4 is 23.9 Å². The van der Waals surface area contributed by atoms with Crippen LogP contribution >= 0.6 is 0 Å². The molecular weight excluding hydrogens is 351 g/mol. The van der Waals surface area contributed by atoms with E-state index >= 15 is 0 Å². The van der Waals surface area contributed by atoms with Crippen LogP contribution in [0.4, 0.5) is 0 Å². The number of unbranched alkanes of at least 4 members (excludes halogenated alkanes) is 1. The first kappa shape index (κ1) is 21.5. The van der Waals surface area contributed by atoms with Gasteiger partial charge < -0.3 is 18.4 Å². The first-order valence-corrected chi connectivity index (χ1v) is 10.5. The maximum absolute atomic E-state index is 12.2. The summed E-state index contributed by atoms with van der Waals surface area (Å²) in [6.45, 7) is 12.0. The summed E-state index contributed by atoms with van der Waals surface area (Å²) in [5.74, 6) is 0.595. The monoisotopic (exact) mass is 382 g/mol. The van der Waals surface area contributed by atoms with Crippen molar-refractivity contribution in [3.05, 3.63) is 28.2 Å². The average Bonchev–Trinajstić information content (AvgIpc) is 2.75. The number of hydrogen-bond donors (Lipinski definition) is 1. The van der Waals surface area contributed by atoms with Crippen LogP contribution in [0.1, 0.15) is 66.0 Å². The number of nitrogens with zero attached hydrogens (tertiary/aromatic N) is 1. The average molecular weight is 382 g/mol. The van der Waals surface area contributed by atoms with Crippen LogP contribution in [-0.4, -0.2) is 33.2 Å². The van der Waals surface area contributed by atoms with Gasteiger partial charge in [-0.2, -0.15) is 0 Å². The van der Waals surface area contributed by atoms with Gasteiger partial charge in [-0.05, 0) is 46.6 Å². The Morgan fingerprint density at radius 1 is 1.31 bits per heavy atom. The fourth-order valence-electron chi connectivity index (χ4n) is 2.80. The van der Waals surface area contributed by atoms with Gasteiger partial charge in [0.1, 0.15) is 5.75 Å². The smallest absolute Gasteiger partial charge is 0.496 e. The number of aryl methyl sites for hydroxylation is 1. The second-order valence-electron chi connectivity index (χ2n) is 7.96. The van der Waals surface area contributed by atoms with Gasteiger partial charge >= 0.3 is 7.12 Å². The Morgan fingerprint density at radius 3 is 2.42 bits per heavy atom. The molecule has 6 nitrogen and oxygen atoms in total. The van der Waals surface area contributed by atoms with E-state index in [2.05, 4.69) is 11.6 Å². The van der Waals surface area contributed by atoms with Gasteiger partial charge in [0.25, 0.3) is 5.56 Å². The quantitative estimate of drug-likeness (QED) is 0.575. The van der Waals surface area contributed by atoms with Crippen molar-refractivity contribution in [2.24, 2.45) is 7.05 Å². The maximum Gasteiger partial charge on any atom is 0.496 e. The molecule has 1 fully saturated rings. The summed E-state index contributed by atoms with van der Waals surface area (Å²) in [5, 5.41) is 0. The molecule has 1 aliphatic rings. The molecule has 26 heavy (non-hydrogen) atoms. The Hall–Kier alpha value is -0.795. The molecule has 2 rings (SSSR count). The molecule has 0 saturated carbocycles. The Morgan fingerprint density at radius 2 is 1.88 bits per heavy atom. The summed E-state index contributed by atoms with van der Waals surface area (Å²) in [6.07, 6.45) is 3.65. The van der Waals surface area contributed by atoms with Crippen molar-refractivity contribution in [2.75, 3.05) is 5.75 Å². The van der Waals surface area contributed by atoms with Gasteiger partial charge in [-0.25, -0.2) is 0 Å². The van der Waals surface area contributed by atoms with Crippen LogP contribution in [0.5, 0.6) is 0 Å². The second kappa shape index (κ2) is 8.06. The number of pyridine rings is 1. The fourth-order valence-corrected chi connectivity index (χ4v) is 3.99. The van der Waals surface area contributed by atoms with Crippen LogP contribution in [0.15, 0.2) is 17.1 Å². The van der Waals surface area contributed by atoms with Gasteiger partial charge in [0.2, 0.25) is 0 Å². The molecule has 0 bridgehead atoms. The molecule has 1 aliphatic heterocycles. The highest BCUT2D eigenvalue weighted by atomic mass is 32.2. The fraction of sp³-hybridized carbons (Fsp3) is 0.722. The molecule has 1 N–H and O–H groups in total. The highest BCUT2D eigenvalue weighted by Gasteiger charge is 2.52. The van der Waals surface area contributed by atoms with Crippen LogP contribution in [0.25, 0.3) is 0 Å². The predicted molar refractivity (Wildman–Crippen MR) is 107 cm³/mol. The Kier molecular flexibility index (Phi) is 6.67. The van der Waals surface area contributed by atoms with E-state index in [1.165, 1.54) is 4.57 Å². The normalized spacial score (nSPS) is 21.0. The van der Waals surface area contributed by atoms with Gasteiger partial charge in [0, 0.05) is 36.1 Å². The predicted octanol–water partition coefficient (Wildman–Crippen LogP) is 1.80. The minimum atomic E-state index is -1.14. The molecule has 0 amide bonds. The lowest BCUT2D eigenvalue weighted by Gasteiger charge is -2.32. The molecular formula is C18H31BN2O4S. The summed E-state index contributed by atoms with van der Waals surface area (Å²) in [7, 11) is 1.13. The molecule has 2 atom stereocenters. The standard InChI is InChI=1S/C18H31BN2O4S/c1-8-9-10-26(23)20-13(2)14-11-16(22)21(7)12-15(14)19-24-17(3,4)18(5,6)25-19/h11-13,20H,8-10H2,1-7H3/t13-,26?/m0/s1. The molecule has 0 aliphatic carbocycles. The largest absolute Gasteiger partial charge is 0.598 e. The molecule has 0 aromatic carbocycles. The van der Waals surface area contributed by atoms with E-state index in [9.17, 15) is 9.35 Å². The van der Waals surface area contributed by atoms with Crippen LogP contribution in [0.3, 0.4) is 0 Å². The van der Waals surface area contributed by atoms with E-state index in [4.69, 9.17) is 9.31 Å². The molecule has 1 aromatic rings. The van der Waals surface area contributed by atoms with Crippen LogP contribution in [-0.2, 0) is 27.7 Å². The molecule has 0 spiro atoms. The molecule has 1 saturated heterocycles. The van der Waals surface area contributed by atoms with E-state index in [0.717, 1.165) is 23.9 Å². The lowest BCUT2D eigenvalue weighted by atomic mass is 9.75. The van der Waals surface area contributed by atoms with Crippen LogP contribution in [0, 0.1) is 0 Å². The van der Waals surface area contributed by atoms with Crippen molar-refractivity contribution in [1.82, 2.24) is 9.29 Å². The van der Waals surface area contributed by atoms with Crippen LogP contribution < -0.4 is 15.7 Å². The van der Waals surface area contributed by atoms with Gasteiger partial charge in [0.15, 0.2) is 0 Å². The topological polar surface area (TPSA) is 75.5 Å². The van der Waals surface area contributed by atoms with Gasteiger partial charge in [-0.3, -0.25) is 4.79 Å². The zero-order valence-electron chi connectivity index (χ0n) is 16.9. The Labute approximate surface area is 160 Å². The third kappa shape index (κ3) is 4.54. The van der Waals surface area contributed by atoms with E-state index < -0.39 is 29.7 Å². The third-order valence-corrected chi connectivity index (χ3v) is 6.53. The maximum atomic E-state index is 12.2. The highest BCUT2D eigenvalue weighted by molar-refractivity contribution is 7.89. The van der Waals surface area contributed by atoms with Crippen LogP contribution in [0.2, 0.25) is 0 Å². The van der Waals surface area contributed by atoms with Crippen molar-refractivity contribution < 1.29 is 13.9 Å². The molecule has 8 heteroatoms. The van der Waals surface area contributed by atoms with Gasteiger partial charge in [-0.15, -0.1) is 4.72 Å². The minimum absolute atomic E-state index is 0.117. The summed E-state index contributed by atoms with van der Waals surface area (Å²) >= 11 is -1.14. The SMILES string of the molecule is CCCC[S+]([O-])N[C@@H](C)c1cc(=O)n(C)cc1B1OC(C)(C)C(C)(C)O1. The van der Waals surface area contributed by atoms with Crippen molar-refractivity contribution in [3.63, 3.8) is 0 Å². The number of rotatable bonds is 7. The number of nitrogens with one attached hydrogen (secondary N) is 1. The van der Waals surface area contributed by atoms with Gasteiger partial charge in [-0.1, -0.05) is 13.3 Å². The first-order valence-electron chi connectivity index (χ1n) is 9.19. The lowest BCUT2D eigenvalue weighted by Crippen LogP contribution is -2.43. The van der Waals surface area contributed by atoms with E-state index in [0.29, 0.717) is 5.75 Å². The van der Waals surface area contributed by atoms with E-state index in [1.54, 1.807) is 19.3 Å². The zero-order valence-corrected chi connectivity index (χ0v) is 17.7. The molecule has 1 unspecified atom stereocenters. The third-order valence-electron chi connectivity index (χ3n) is 5.26. The lowest BCUT2D eigenvalue weighted by molar-refractivity contribution is 0.00578. The second-order valence-corrected chi connectivity index (χ2v) is 9.30. The summed E-state index contributed by atoms with van der Waals surface area (Å²) < 4.78 is 29.2. The van der Waals surface area contributed by atoms with Crippen molar-refractivity contribution in [1.29, 1.82) is 0 Å². The number of hydrogen-bond acceptors (Lipinski definition) is 5. The first-order chi connectivity index (χ1) is 12.0. The molecule has 146 valence electrons. The van der Waals surface area contributed by atoms with E-state index in [-0.39, 0.29) is 11.6 Å². The van der Waals surface area contributed by atoms with Gasteiger partial charge in [0.05, 0.1) is 17.2 Å². The summed E-state index contributed by atoms with van der Waals surface area (Å²) in [6, 6.07) is 1.32. The van der Waals surface area contributed by atoms with E-state index in [1.807, 2.05) is 34.6 Å². The summed E-state index contributed by atoms with van der Waals surface area (Å²) in [4.78, 5) is 12.2. The molecule has 0 radical (unpaired) electrons. The highest BCUT2D eigenvalue weighted by Crippen LogP contribution is 2.36. The minimum Gasteiger partial charge on any atom is -0.598 e. The Balaban J connectivity index is 2.33. The number of aromatic nitrogens is 1.